The summed E-state index contributed by atoms with van der Waals surface area (Å²) in [5.41, 5.74) is 0. The van der Waals surface area contributed by atoms with E-state index in [4.69, 9.17) is 9.15 Å². The van der Waals surface area contributed by atoms with Gasteiger partial charge in [0.1, 0.15) is 0 Å². The molecule has 0 radical (unpaired) electrons. The third-order valence-corrected chi connectivity index (χ3v) is 3.58. The van der Waals surface area contributed by atoms with E-state index < -0.39 is 0 Å². The highest BCUT2D eigenvalue weighted by molar-refractivity contribution is 7.13. The molecule has 1 atom stereocenters. The molecule has 1 unspecified atom stereocenters. The third kappa shape index (κ3) is 2.48. The molecule has 0 aromatic carbocycles. The van der Waals surface area contributed by atoms with E-state index in [0.717, 1.165) is 31.1 Å². The second-order valence-corrected chi connectivity index (χ2v) is 4.95. The molecule has 3 rings (SSSR count). The van der Waals surface area contributed by atoms with E-state index in [1.807, 2.05) is 17.5 Å². The number of hydrogen-bond donors (Lipinski definition) is 1. The van der Waals surface area contributed by atoms with Gasteiger partial charge in [-0.1, -0.05) is 11.2 Å². The molecular weight excluding hydrogens is 238 g/mol. The number of anilines is 1. The molecule has 1 aliphatic rings. The summed E-state index contributed by atoms with van der Waals surface area (Å²) in [7, 11) is 0. The standard InChI is InChI=1S/C11H13N3O2S/c1-2-9(17-5-1)10-13-14-11(16-10)12-6-8-3-4-15-7-8/h1-2,5,8H,3-4,6-7H2,(H,12,14). The van der Waals surface area contributed by atoms with Crippen LogP contribution in [0.2, 0.25) is 0 Å². The third-order valence-electron chi connectivity index (χ3n) is 2.72. The van der Waals surface area contributed by atoms with Gasteiger partial charge in [-0.2, -0.15) is 0 Å². The van der Waals surface area contributed by atoms with Gasteiger partial charge in [-0.15, -0.1) is 16.4 Å². The van der Waals surface area contributed by atoms with Crippen LogP contribution < -0.4 is 5.32 Å². The summed E-state index contributed by atoms with van der Waals surface area (Å²) in [6, 6.07) is 4.42. The Balaban J connectivity index is 1.60. The summed E-state index contributed by atoms with van der Waals surface area (Å²) in [6.07, 6.45) is 1.10. The highest BCUT2D eigenvalue weighted by Crippen LogP contribution is 2.24. The van der Waals surface area contributed by atoms with Crippen molar-refractivity contribution in [1.82, 2.24) is 10.2 Å². The van der Waals surface area contributed by atoms with Crippen LogP contribution in [0.5, 0.6) is 0 Å². The van der Waals surface area contributed by atoms with E-state index in [0.29, 0.717) is 17.8 Å². The highest BCUT2D eigenvalue weighted by atomic mass is 32.1. The minimum Gasteiger partial charge on any atom is -0.403 e. The summed E-state index contributed by atoms with van der Waals surface area (Å²) < 4.78 is 10.8. The summed E-state index contributed by atoms with van der Waals surface area (Å²) in [4.78, 5) is 0.995. The number of nitrogens with zero attached hydrogens (tertiary/aromatic N) is 2. The molecule has 0 spiro atoms. The number of rotatable bonds is 4. The topological polar surface area (TPSA) is 60.2 Å². The lowest BCUT2D eigenvalue weighted by Crippen LogP contribution is -2.14. The zero-order chi connectivity index (χ0) is 11.5. The first kappa shape index (κ1) is 10.7. The Hall–Kier alpha value is -1.40. The van der Waals surface area contributed by atoms with Gasteiger partial charge in [0.25, 0.3) is 5.89 Å². The second kappa shape index (κ2) is 4.85. The fourth-order valence-corrected chi connectivity index (χ4v) is 2.41. The monoisotopic (exact) mass is 251 g/mol. The van der Waals surface area contributed by atoms with Crippen molar-refractivity contribution >= 4 is 17.4 Å². The summed E-state index contributed by atoms with van der Waals surface area (Å²) in [5, 5.41) is 13.1. The molecule has 2 aromatic rings. The molecule has 5 nitrogen and oxygen atoms in total. The molecule has 1 aliphatic heterocycles. The maximum atomic E-state index is 5.52. The van der Waals surface area contributed by atoms with Gasteiger partial charge >= 0.3 is 6.01 Å². The molecule has 3 heterocycles. The molecule has 0 bridgehead atoms. The van der Waals surface area contributed by atoms with E-state index in [1.54, 1.807) is 11.3 Å². The zero-order valence-electron chi connectivity index (χ0n) is 9.26. The van der Waals surface area contributed by atoms with E-state index >= 15 is 0 Å². The fraction of sp³-hybridized carbons (Fsp3) is 0.455. The van der Waals surface area contributed by atoms with Gasteiger partial charge in [-0.25, -0.2) is 0 Å². The zero-order valence-corrected chi connectivity index (χ0v) is 10.1. The number of thiophene rings is 1. The van der Waals surface area contributed by atoms with Crippen LogP contribution in [0.3, 0.4) is 0 Å². The number of ether oxygens (including phenoxy) is 1. The molecule has 1 N–H and O–H groups in total. The summed E-state index contributed by atoms with van der Waals surface area (Å²) >= 11 is 1.59. The predicted octanol–water partition coefficient (Wildman–Crippen LogP) is 2.25. The highest BCUT2D eigenvalue weighted by Gasteiger charge is 2.16. The van der Waals surface area contributed by atoms with E-state index in [9.17, 15) is 0 Å². The van der Waals surface area contributed by atoms with Crippen molar-refractivity contribution in [2.24, 2.45) is 5.92 Å². The van der Waals surface area contributed by atoms with Crippen molar-refractivity contribution in [1.29, 1.82) is 0 Å². The molecule has 1 saturated heterocycles. The van der Waals surface area contributed by atoms with E-state index in [1.165, 1.54) is 0 Å². The minimum absolute atomic E-state index is 0.486. The first-order valence-corrected chi connectivity index (χ1v) is 6.49. The fourth-order valence-electron chi connectivity index (χ4n) is 1.77. The van der Waals surface area contributed by atoms with Crippen LogP contribution in [0.1, 0.15) is 6.42 Å². The van der Waals surface area contributed by atoms with Crippen molar-refractivity contribution in [3.8, 4) is 10.8 Å². The number of hydrogen-bond acceptors (Lipinski definition) is 6. The van der Waals surface area contributed by atoms with Gasteiger partial charge < -0.3 is 14.5 Å². The lowest BCUT2D eigenvalue weighted by atomic mass is 10.1. The predicted molar refractivity (Wildman–Crippen MR) is 65.0 cm³/mol. The van der Waals surface area contributed by atoms with Crippen LogP contribution in [-0.2, 0) is 4.74 Å². The van der Waals surface area contributed by atoms with Gasteiger partial charge in [0.2, 0.25) is 0 Å². The Morgan fingerprint density at radius 1 is 1.47 bits per heavy atom. The molecule has 17 heavy (non-hydrogen) atoms. The van der Waals surface area contributed by atoms with Gasteiger partial charge in [0.15, 0.2) is 0 Å². The van der Waals surface area contributed by atoms with Crippen molar-refractivity contribution in [3.63, 3.8) is 0 Å². The van der Waals surface area contributed by atoms with Crippen LogP contribution in [0.25, 0.3) is 10.8 Å². The van der Waals surface area contributed by atoms with E-state index in [2.05, 4.69) is 15.5 Å². The lowest BCUT2D eigenvalue weighted by molar-refractivity contribution is 0.187. The smallest absolute Gasteiger partial charge is 0.315 e. The van der Waals surface area contributed by atoms with Gasteiger partial charge in [-0.05, 0) is 17.9 Å². The minimum atomic E-state index is 0.486. The van der Waals surface area contributed by atoms with E-state index in [-0.39, 0.29) is 0 Å². The maximum absolute atomic E-state index is 5.52. The molecule has 1 fully saturated rings. The lowest BCUT2D eigenvalue weighted by Gasteiger charge is -2.05. The SMILES string of the molecule is c1csc(-c2nnc(NCC3CCOC3)o2)c1. The Bertz CT molecular complexity index is 463. The van der Waals surface area contributed by atoms with Crippen LogP contribution in [0, 0.1) is 5.92 Å². The average Bonchev–Trinajstić information content (AvgIpc) is 3.09. The largest absolute Gasteiger partial charge is 0.403 e. The van der Waals surface area contributed by atoms with Crippen molar-refractivity contribution in [2.75, 3.05) is 25.1 Å². The molecule has 0 amide bonds. The Kier molecular flexibility index (Phi) is 3.06. The second-order valence-electron chi connectivity index (χ2n) is 4.00. The Labute approximate surface area is 103 Å². The Morgan fingerprint density at radius 2 is 2.47 bits per heavy atom. The number of nitrogens with one attached hydrogen (secondary N) is 1. The molecule has 6 heteroatoms. The molecule has 90 valence electrons. The molecular formula is C11H13N3O2S. The van der Waals surface area contributed by atoms with Crippen LogP contribution in [0.4, 0.5) is 6.01 Å². The maximum Gasteiger partial charge on any atom is 0.315 e. The summed E-state index contributed by atoms with van der Waals surface area (Å²) in [5.74, 6) is 1.12. The van der Waals surface area contributed by atoms with Crippen LogP contribution in [0.15, 0.2) is 21.9 Å². The first-order chi connectivity index (χ1) is 8.42. The van der Waals surface area contributed by atoms with Crippen LogP contribution in [-0.4, -0.2) is 30.0 Å². The first-order valence-electron chi connectivity index (χ1n) is 5.61. The van der Waals surface area contributed by atoms with Gasteiger partial charge in [0.05, 0.1) is 11.5 Å². The Morgan fingerprint density at radius 3 is 3.24 bits per heavy atom. The van der Waals surface area contributed by atoms with Crippen molar-refractivity contribution in [2.45, 2.75) is 6.42 Å². The molecule has 0 saturated carbocycles. The molecule has 0 aliphatic carbocycles. The van der Waals surface area contributed by atoms with Gasteiger partial charge in [0, 0.05) is 19.1 Å². The number of aromatic nitrogens is 2. The van der Waals surface area contributed by atoms with Crippen molar-refractivity contribution in [3.05, 3.63) is 17.5 Å². The normalized spacial score (nSPS) is 19.6. The average molecular weight is 251 g/mol. The van der Waals surface area contributed by atoms with Crippen molar-refractivity contribution < 1.29 is 9.15 Å². The molecule has 2 aromatic heterocycles. The van der Waals surface area contributed by atoms with Gasteiger partial charge in [-0.3, -0.25) is 0 Å². The summed E-state index contributed by atoms with van der Waals surface area (Å²) in [6.45, 7) is 2.50. The quantitative estimate of drug-likeness (QED) is 0.903. The van der Waals surface area contributed by atoms with Crippen LogP contribution >= 0.6 is 11.3 Å².